The van der Waals surface area contributed by atoms with Gasteiger partial charge < -0.3 is 15.5 Å². The molecule has 1 aliphatic heterocycles. The highest BCUT2D eigenvalue weighted by Gasteiger charge is 2.25. The van der Waals surface area contributed by atoms with Gasteiger partial charge in [0.1, 0.15) is 11.0 Å². The van der Waals surface area contributed by atoms with Gasteiger partial charge in [0.25, 0.3) is 0 Å². The van der Waals surface area contributed by atoms with Crippen LogP contribution in [0.4, 0.5) is 5.69 Å². The summed E-state index contributed by atoms with van der Waals surface area (Å²) >= 11 is 4.95. The average molecular weight is 305 g/mol. The Morgan fingerprint density at radius 2 is 1.81 bits per heavy atom. The van der Waals surface area contributed by atoms with E-state index in [1.165, 1.54) is 6.42 Å². The molecule has 1 aromatic carbocycles. The molecular weight excluding hydrogens is 282 g/mol. The largest absolute Gasteiger partial charge is 0.389 e. The van der Waals surface area contributed by atoms with E-state index in [4.69, 9.17) is 18.0 Å². The fourth-order valence-corrected chi connectivity index (χ4v) is 2.76. The van der Waals surface area contributed by atoms with E-state index in [2.05, 4.69) is 0 Å². The summed E-state index contributed by atoms with van der Waals surface area (Å²) in [4.78, 5) is 16.9. The molecule has 2 rings (SSSR count). The van der Waals surface area contributed by atoms with Gasteiger partial charge >= 0.3 is 0 Å². The molecular formula is C16H23N3OS. The number of likely N-dealkylation sites (tertiary alicyclic amines) is 1. The summed E-state index contributed by atoms with van der Waals surface area (Å²) in [6.07, 6.45) is 3.46. The predicted molar refractivity (Wildman–Crippen MR) is 90.6 cm³/mol. The second kappa shape index (κ2) is 6.89. The van der Waals surface area contributed by atoms with Gasteiger partial charge in [0, 0.05) is 31.4 Å². The first-order valence-corrected chi connectivity index (χ1v) is 7.83. The lowest BCUT2D eigenvalue weighted by atomic mass is 10.1. The van der Waals surface area contributed by atoms with Crippen LogP contribution in [0.3, 0.4) is 0 Å². The van der Waals surface area contributed by atoms with Crippen molar-refractivity contribution in [1.82, 2.24) is 4.90 Å². The average Bonchev–Trinajstić information content (AvgIpc) is 2.53. The van der Waals surface area contributed by atoms with E-state index in [1.807, 2.05) is 48.0 Å². The lowest BCUT2D eigenvalue weighted by molar-refractivity contribution is -0.133. The molecule has 0 radical (unpaired) electrons. The fourth-order valence-electron chi connectivity index (χ4n) is 2.63. The molecule has 4 nitrogen and oxygen atoms in total. The SMILES string of the molecule is CC(C(=O)N1CCCCC1)N(C)c1ccc(C(N)=S)cc1. The van der Waals surface area contributed by atoms with Crippen molar-refractivity contribution in [2.24, 2.45) is 5.73 Å². The van der Waals surface area contributed by atoms with E-state index >= 15 is 0 Å². The quantitative estimate of drug-likeness (QED) is 0.866. The van der Waals surface area contributed by atoms with Crippen molar-refractivity contribution in [2.45, 2.75) is 32.2 Å². The first-order chi connectivity index (χ1) is 10.0. The zero-order chi connectivity index (χ0) is 15.4. The minimum Gasteiger partial charge on any atom is -0.389 e. The van der Waals surface area contributed by atoms with Crippen LogP contribution in [0.5, 0.6) is 0 Å². The Labute approximate surface area is 131 Å². The molecule has 21 heavy (non-hydrogen) atoms. The number of hydrogen-bond acceptors (Lipinski definition) is 3. The fraction of sp³-hybridized carbons (Fsp3) is 0.500. The van der Waals surface area contributed by atoms with E-state index in [1.54, 1.807) is 0 Å². The Bertz CT molecular complexity index is 509. The van der Waals surface area contributed by atoms with E-state index in [0.29, 0.717) is 4.99 Å². The molecule has 1 heterocycles. The van der Waals surface area contributed by atoms with Gasteiger partial charge in [0.05, 0.1) is 0 Å². The molecule has 2 N–H and O–H groups in total. The standard InChI is InChI=1S/C16H23N3OS/c1-12(16(20)19-10-4-3-5-11-19)18(2)14-8-6-13(7-9-14)15(17)21/h6-9,12H,3-5,10-11H2,1-2H3,(H2,17,21). The Kier molecular flexibility index (Phi) is 5.17. The van der Waals surface area contributed by atoms with E-state index in [-0.39, 0.29) is 11.9 Å². The van der Waals surface area contributed by atoms with Crippen LogP contribution in [0.1, 0.15) is 31.7 Å². The highest BCUT2D eigenvalue weighted by atomic mass is 32.1. The number of rotatable bonds is 4. The Morgan fingerprint density at radius 3 is 2.33 bits per heavy atom. The zero-order valence-electron chi connectivity index (χ0n) is 12.7. The lowest BCUT2D eigenvalue weighted by Gasteiger charge is -2.33. The van der Waals surface area contributed by atoms with Crippen molar-refractivity contribution in [1.29, 1.82) is 0 Å². The van der Waals surface area contributed by atoms with Crippen molar-refractivity contribution in [2.75, 3.05) is 25.0 Å². The first-order valence-electron chi connectivity index (χ1n) is 7.42. The molecule has 0 spiro atoms. The van der Waals surface area contributed by atoms with E-state index in [9.17, 15) is 4.79 Å². The number of likely N-dealkylation sites (N-methyl/N-ethyl adjacent to an activating group) is 1. The first kappa shape index (κ1) is 15.8. The highest BCUT2D eigenvalue weighted by molar-refractivity contribution is 7.80. The third-order valence-corrected chi connectivity index (χ3v) is 4.40. The molecule has 1 atom stereocenters. The monoisotopic (exact) mass is 305 g/mol. The van der Waals surface area contributed by atoms with Gasteiger partial charge in [0.15, 0.2) is 0 Å². The van der Waals surface area contributed by atoms with Gasteiger partial charge in [-0.05, 0) is 50.5 Å². The van der Waals surface area contributed by atoms with Crippen molar-refractivity contribution < 1.29 is 4.79 Å². The van der Waals surface area contributed by atoms with Crippen LogP contribution in [-0.2, 0) is 4.79 Å². The number of nitrogens with two attached hydrogens (primary N) is 1. The van der Waals surface area contributed by atoms with Gasteiger partial charge in [-0.25, -0.2) is 0 Å². The Morgan fingerprint density at radius 1 is 1.24 bits per heavy atom. The van der Waals surface area contributed by atoms with Crippen LogP contribution in [0.25, 0.3) is 0 Å². The van der Waals surface area contributed by atoms with E-state index < -0.39 is 0 Å². The second-order valence-corrected chi connectivity index (χ2v) is 6.02. The third-order valence-electron chi connectivity index (χ3n) is 4.17. The molecule has 1 aromatic rings. The number of anilines is 1. The summed E-state index contributed by atoms with van der Waals surface area (Å²) in [6, 6.07) is 7.53. The molecule has 0 saturated carbocycles. The van der Waals surface area contributed by atoms with Gasteiger partial charge in [-0.3, -0.25) is 4.79 Å². The smallest absolute Gasteiger partial charge is 0.244 e. The van der Waals surface area contributed by atoms with Crippen LogP contribution < -0.4 is 10.6 Å². The maximum Gasteiger partial charge on any atom is 0.244 e. The topological polar surface area (TPSA) is 49.6 Å². The number of piperidine rings is 1. The number of carbonyl (C=O) groups excluding carboxylic acids is 1. The number of benzene rings is 1. The van der Waals surface area contributed by atoms with E-state index in [0.717, 1.165) is 37.2 Å². The van der Waals surface area contributed by atoms with Crippen molar-refractivity contribution in [3.05, 3.63) is 29.8 Å². The number of amides is 1. The maximum absolute atomic E-state index is 12.5. The summed E-state index contributed by atoms with van der Waals surface area (Å²) in [6.45, 7) is 3.73. The summed E-state index contributed by atoms with van der Waals surface area (Å²) in [5.74, 6) is 0.204. The number of hydrogen-bond donors (Lipinski definition) is 1. The Hall–Kier alpha value is -1.62. The normalized spacial score (nSPS) is 16.4. The molecule has 114 valence electrons. The third kappa shape index (κ3) is 3.73. The molecule has 0 aliphatic carbocycles. The minimum absolute atomic E-state index is 0.168. The van der Waals surface area contributed by atoms with Crippen LogP contribution in [-0.4, -0.2) is 42.0 Å². The van der Waals surface area contributed by atoms with Crippen LogP contribution >= 0.6 is 12.2 Å². The second-order valence-electron chi connectivity index (χ2n) is 5.58. The predicted octanol–water partition coefficient (Wildman–Crippen LogP) is 2.16. The molecule has 1 amide bonds. The highest BCUT2D eigenvalue weighted by Crippen LogP contribution is 2.19. The van der Waals surface area contributed by atoms with Gasteiger partial charge in [-0.2, -0.15) is 0 Å². The van der Waals surface area contributed by atoms with Gasteiger partial charge in [-0.15, -0.1) is 0 Å². The molecule has 1 fully saturated rings. The summed E-state index contributed by atoms with van der Waals surface area (Å²) in [7, 11) is 1.95. The minimum atomic E-state index is -0.168. The number of carbonyl (C=O) groups is 1. The molecule has 1 aliphatic rings. The maximum atomic E-state index is 12.5. The molecule has 0 aromatic heterocycles. The molecule has 1 saturated heterocycles. The van der Waals surface area contributed by atoms with Gasteiger partial charge in [0.2, 0.25) is 5.91 Å². The number of nitrogens with zero attached hydrogens (tertiary/aromatic N) is 2. The van der Waals surface area contributed by atoms with Crippen molar-refractivity contribution in [3.8, 4) is 0 Å². The lowest BCUT2D eigenvalue weighted by Crippen LogP contribution is -2.47. The van der Waals surface area contributed by atoms with Gasteiger partial charge in [-0.1, -0.05) is 12.2 Å². The summed E-state index contributed by atoms with van der Waals surface area (Å²) in [5, 5.41) is 0. The molecule has 5 heteroatoms. The zero-order valence-corrected chi connectivity index (χ0v) is 13.5. The van der Waals surface area contributed by atoms with Crippen molar-refractivity contribution >= 4 is 28.8 Å². The number of thiocarbonyl (C=S) groups is 1. The summed E-state index contributed by atoms with van der Waals surface area (Å²) < 4.78 is 0. The Balaban J connectivity index is 2.05. The van der Waals surface area contributed by atoms with Crippen LogP contribution in [0.15, 0.2) is 24.3 Å². The van der Waals surface area contributed by atoms with Crippen LogP contribution in [0.2, 0.25) is 0 Å². The van der Waals surface area contributed by atoms with Crippen molar-refractivity contribution in [3.63, 3.8) is 0 Å². The molecule has 0 bridgehead atoms. The van der Waals surface area contributed by atoms with Crippen LogP contribution in [0, 0.1) is 0 Å². The summed E-state index contributed by atoms with van der Waals surface area (Å²) in [5.41, 5.74) is 7.44. The molecule has 1 unspecified atom stereocenters.